The number of H-pyrrole nitrogens is 1. The summed E-state index contributed by atoms with van der Waals surface area (Å²) in [5, 5.41) is 9.51. The summed E-state index contributed by atoms with van der Waals surface area (Å²) < 4.78 is 5.02. The molecule has 3 N–H and O–H groups in total. The third kappa shape index (κ3) is 3.33. The number of hydrogen-bond donors (Lipinski definition) is 2. The van der Waals surface area contributed by atoms with Crippen LogP contribution in [0.2, 0.25) is 0 Å². The van der Waals surface area contributed by atoms with Crippen LogP contribution in [0, 0.1) is 11.3 Å². The molecule has 0 atom stereocenters. The molecule has 0 radical (unpaired) electrons. The molecule has 0 aliphatic carbocycles. The molecule has 1 heterocycles. The Bertz CT molecular complexity index is 672. The minimum absolute atomic E-state index is 0.126. The molecule has 0 bridgehead atoms. The Balaban J connectivity index is 2.29. The zero-order valence-electron chi connectivity index (χ0n) is 11.9. The molecule has 6 heteroatoms. The van der Waals surface area contributed by atoms with Crippen molar-refractivity contribution in [3.8, 4) is 6.07 Å². The molecule has 1 aromatic carbocycles. The van der Waals surface area contributed by atoms with Crippen LogP contribution < -0.4 is 5.73 Å². The van der Waals surface area contributed by atoms with Crippen molar-refractivity contribution >= 4 is 22.5 Å². The lowest BCUT2D eigenvalue weighted by atomic mass is 10.1. The molecule has 0 saturated carbocycles. The van der Waals surface area contributed by atoms with Gasteiger partial charge in [0, 0.05) is 43.0 Å². The standard InChI is InChI=1S/C15H18N4O2/c1-21-8-7-19(6-2-5-16)15(20)13-10-18-14-4-3-11(17)9-12(13)14/h3-4,9-10,18H,2,6-8,17H2,1H3. The number of hydrogen-bond acceptors (Lipinski definition) is 4. The van der Waals surface area contributed by atoms with E-state index in [1.165, 1.54) is 0 Å². The van der Waals surface area contributed by atoms with Crippen LogP contribution in [-0.4, -0.2) is 42.6 Å². The fourth-order valence-electron chi connectivity index (χ4n) is 2.19. The van der Waals surface area contributed by atoms with Crippen LogP contribution in [-0.2, 0) is 4.74 Å². The minimum Gasteiger partial charge on any atom is -0.399 e. The summed E-state index contributed by atoms with van der Waals surface area (Å²) >= 11 is 0. The number of aromatic nitrogens is 1. The monoisotopic (exact) mass is 286 g/mol. The van der Waals surface area contributed by atoms with Crippen LogP contribution in [0.25, 0.3) is 10.9 Å². The van der Waals surface area contributed by atoms with Crippen LogP contribution in [0.1, 0.15) is 16.8 Å². The van der Waals surface area contributed by atoms with Crippen molar-refractivity contribution in [1.29, 1.82) is 5.26 Å². The fourth-order valence-corrected chi connectivity index (χ4v) is 2.19. The molecule has 0 fully saturated rings. The number of nitrogen functional groups attached to an aromatic ring is 1. The summed E-state index contributed by atoms with van der Waals surface area (Å²) in [5.41, 5.74) is 7.82. The number of methoxy groups -OCH3 is 1. The molecule has 6 nitrogen and oxygen atoms in total. The Hall–Kier alpha value is -2.52. The predicted molar refractivity (Wildman–Crippen MR) is 80.7 cm³/mol. The highest BCUT2D eigenvalue weighted by atomic mass is 16.5. The average Bonchev–Trinajstić information content (AvgIpc) is 2.89. The van der Waals surface area contributed by atoms with E-state index in [2.05, 4.69) is 11.1 Å². The van der Waals surface area contributed by atoms with E-state index in [0.29, 0.717) is 37.4 Å². The molecule has 1 amide bonds. The normalized spacial score (nSPS) is 10.5. The number of nitriles is 1. The Morgan fingerprint density at radius 2 is 2.29 bits per heavy atom. The number of benzene rings is 1. The molecule has 0 aliphatic heterocycles. The Labute approximate surface area is 123 Å². The van der Waals surface area contributed by atoms with Gasteiger partial charge in [0.05, 0.1) is 24.7 Å². The molecule has 21 heavy (non-hydrogen) atoms. The van der Waals surface area contributed by atoms with Crippen LogP contribution in [0.4, 0.5) is 5.69 Å². The van der Waals surface area contributed by atoms with E-state index in [4.69, 9.17) is 15.7 Å². The Morgan fingerprint density at radius 1 is 1.48 bits per heavy atom. The summed E-state index contributed by atoms with van der Waals surface area (Å²) in [4.78, 5) is 17.3. The highest BCUT2D eigenvalue weighted by Crippen LogP contribution is 2.22. The van der Waals surface area contributed by atoms with Gasteiger partial charge in [0.25, 0.3) is 5.91 Å². The van der Waals surface area contributed by atoms with Gasteiger partial charge in [0.15, 0.2) is 0 Å². The van der Waals surface area contributed by atoms with Gasteiger partial charge in [0.2, 0.25) is 0 Å². The average molecular weight is 286 g/mol. The summed E-state index contributed by atoms with van der Waals surface area (Å²) in [6, 6.07) is 7.46. The van der Waals surface area contributed by atoms with E-state index in [1.54, 1.807) is 30.3 Å². The fraction of sp³-hybridized carbons (Fsp3) is 0.333. The number of nitrogens with zero attached hydrogens (tertiary/aromatic N) is 2. The summed E-state index contributed by atoms with van der Waals surface area (Å²) in [5.74, 6) is -0.126. The van der Waals surface area contributed by atoms with Gasteiger partial charge >= 0.3 is 0 Å². The molecule has 2 aromatic rings. The van der Waals surface area contributed by atoms with E-state index in [0.717, 1.165) is 10.9 Å². The van der Waals surface area contributed by atoms with Crippen molar-refractivity contribution < 1.29 is 9.53 Å². The number of carbonyl (C=O) groups excluding carboxylic acids is 1. The number of nitrogens with two attached hydrogens (primary N) is 1. The third-order valence-electron chi connectivity index (χ3n) is 3.28. The van der Waals surface area contributed by atoms with Crippen molar-refractivity contribution in [3.63, 3.8) is 0 Å². The maximum Gasteiger partial charge on any atom is 0.256 e. The number of aromatic amines is 1. The van der Waals surface area contributed by atoms with Crippen molar-refractivity contribution in [2.75, 3.05) is 32.5 Å². The third-order valence-corrected chi connectivity index (χ3v) is 3.28. The van der Waals surface area contributed by atoms with Crippen LogP contribution in [0.5, 0.6) is 0 Å². The summed E-state index contributed by atoms with van der Waals surface area (Å²) in [6.07, 6.45) is 1.97. The number of fused-ring (bicyclic) bond motifs is 1. The lowest BCUT2D eigenvalue weighted by molar-refractivity contribution is 0.0702. The van der Waals surface area contributed by atoms with Crippen molar-refractivity contribution in [2.45, 2.75) is 6.42 Å². The highest BCUT2D eigenvalue weighted by molar-refractivity contribution is 6.07. The Kier molecular flexibility index (Phi) is 4.80. The second-order valence-corrected chi connectivity index (χ2v) is 4.70. The first-order valence-electron chi connectivity index (χ1n) is 6.69. The van der Waals surface area contributed by atoms with Crippen molar-refractivity contribution in [3.05, 3.63) is 30.0 Å². The van der Waals surface area contributed by atoms with E-state index < -0.39 is 0 Å². The highest BCUT2D eigenvalue weighted by Gasteiger charge is 2.19. The minimum atomic E-state index is -0.126. The van der Waals surface area contributed by atoms with Gasteiger partial charge in [-0.15, -0.1) is 0 Å². The molecular formula is C15H18N4O2. The lowest BCUT2D eigenvalue weighted by Crippen LogP contribution is -2.34. The zero-order chi connectivity index (χ0) is 15.2. The van der Waals surface area contributed by atoms with E-state index in [-0.39, 0.29) is 5.91 Å². The Morgan fingerprint density at radius 3 is 3.00 bits per heavy atom. The van der Waals surface area contributed by atoms with Gasteiger partial charge in [-0.05, 0) is 18.2 Å². The first kappa shape index (κ1) is 14.9. The van der Waals surface area contributed by atoms with Crippen molar-refractivity contribution in [2.24, 2.45) is 0 Å². The number of anilines is 1. The van der Waals surface area contributed by atoms with Gasteiger partial charge in [-0.25, -0.2) is 0 Å². The molecule has 110 valence electrons. The quantitative estimate of drug-likeness (QED) is 0.791. The van der Waals surface area contributed by atoms with Gasteiger partial charge in [0.1, 0.15) is 0 Å². The van der Waals surface area contributed by atoms with Crippen LogP contribution >= 0.6 is 0 Å². The molecule has 0 saturated heterocycles. The SMILES string of the molecule is COCCN(CCC#N)C(=O)c1c[nH]c2ccc(N)cc12. The maximum atomic E-state index is 12.6. The number of carbonyl (C=O) groups is 1. The van der Waals surface area contributed by atoms with E-state index in [9.17, 15) is 4.79 Å². The van der Waals surface area contributed by atoms with Gasteiger partial charge < -0.3 is 20.4 Å². The lowest BCUT2D eigenvalue weighted by Gasteiger charge is -2.20. The van der Waals surface area contributed by atoms with Gasteiger partial charge in [-0.1, -0.05) is 0 Å². The molecule has 2 rings (SSSR count). The van der Waals surface area contributed by atoms with Gasteiger partial charge in [-0.3, -0.25) is 4.79 Å². The second kappa shape index (κ2) is 6.77. The molecule has 0 spiro atoms. The topological polar surface area (TPSA) is 95.1 Å². The van der Waals surface area contributed by atoms with Crippen LogP contribution in [0.15, 0.2) is 24.4 Å². The predicted octanol–water partition coefficient (Wildman–Crippen LogP) is 1.75. The van der Waals surface area contributed by atoms with Crippen LogP contribution in [0.3, 0.4) is 0 Å². The maximum absolute atomic E-state index is 12.6. The second-order valence-electron chi connectivity index (χ2n) is 4.70. The van der Waals surface area contributed by atoms with Gasteiger partial charge in [-0.2, -0.15) is 5.26 Å². The van der Waals surface area contributed by atoms with E-state index >= 15 is 0 Å². The zero-order valence-corrected chi connectivity index (χ0v) is 11.9. The summed E-state index contributed by atoms with van der Waals surface area (Å²) in [6.45, 7) is 1.27. The first-order chi connectivity index (χ1) is 10.2. The van der Waals surface area contributed by atoms with E-state index in [1.807, 2.05) is 6.07 Å². The molecule has 0 aliphatic rings. The summed E-state index contributed by atoms with van der Waals surface area (Å²) in [7, 11) is 1.58. The largest absolute Gasteiger partial charge is 0.399 e. The number of rotatable bonds is 6. The smallest absolute Gasteiger partial charge is 0.256 e. The number of amides is 1. The number of nitrogens with one attached hydrogen (secondary N) is 1. The van der Waals surface area contributed by atoms with Crippen molar-refractivity contribution in [1.82, 2.24) is 9.88 Å². The molecular weight excluding hydrogens is 268 g/mol. The number of ether oxygens (including phenoxy) is 1. The molecule has 1 aromatic heterocycles. The first-order valence-corrected chi connectivity index (χ1v) is 6.69. The molecule has 0 unspecified atom stereocenters.